The number of ether oxygens (including phenoxy) is 2. The Morgan fingerprint density at radius 3 is 2.75 bits per heavy atom. The first-order valence-electron chi connectivity index (χ1n) is 4.37. The fraction of sp³-hybridized carbons (Fsp3) is 0.889. The second kappa shape index (κ2) is 3.54. The molecule has 0 spiro atoms. The molecule has 2 unspecified atom stereocenters. The predicted octanol–water partition coefficient (Wildman–Crippen LogP) is 1.16. The Balaban J connectivity index is 2.81. The molecule has 70 valence electrons. The lowest BCUT2D eigenvalue weighted by Gasteiger charge is -2.28. The summed E-state index contributed by atoms with van der Waals surface area (Å²) in [4.78, 5) is 11.6. The van der Waals surface area contributed by atoms with E-state index in [0.717, 1.165) is 0 Å². The number of methoxy groups -OCH3 is 1. The average molecular weight is 172 g/mol. The molecule has 1 aliphatic heterocycles. The highest BCUT2D eigenvalue weighted by molar-refractivity contribution is 5.88. The van der Waals surface area contributed by atoms with Gasteiger partial charge in [-0.3, -0.25) is 4.79 Å². The van der Waals surface area contributed by atoms with Gasteiger partial charge in [0.25, 0.3) is 0 Å². The molecule has 1 rings (SSSR count). The standard InChI is InChI=1S/C9H16O3/c1-4-8(10)9(11-3)5-6-12-7(9)2/h7H,4-6H2,1-3H3. The minimum Gasteiger partial charge on any atom is -0.375 e. The van der Waals surface area contributed by atoms with E-state index in [-0.39, 0.29) is 11.9 Å². The molecular weight excluding hydrogens is 156 g/mol. The third-order valence-electron chi connectivity index (χ3n) is 2.66. The summed E-state index contributed by atoms with van der Waals surface area (Å²) in [6.07, 6.45) is 1.11. The Labute approximate surface area is 73.0 Å². The maximum absolute atomic E-state index is 11.6. The number of ketones is 1. The van der Waals surface area contributed by atoms with Crippen molar-refractivity contribution in [2.24, 2.45) is 0 Å². The van der Waals surface area contributed by atoms with Crippen molar-refractivity contribution in [1.29, 1.82) is 0 Å². The molecule has 0 aromatic carbocycles. The van der Waals surface area contributed by atoms with Crippen LogP contribution in [0.5, 0.6) is 0 Å². The van der Waals surface area contributed by atoms with Gasteiger partial charge in [0.2, 0.25) is 0 Å². The summed E-state index contributed by atoms with van der Waals surface area (Å²) in [7, 11) is 1.58. The van der Waals surface area contributed by atoms with Crippen LogP contribution in [0.25, 0.3) is 0 Å². The van der Waals surface area contributed by atoms with E-state index in [0.29, 0.717) is 19.4 Å². The molecule has 0 aromatic heterocycles. The topological polar surface area (TPSA) is 35.5 Å². The molecule has 12 heavy (non-hydrogen) atoms. The summed E-state index contributed by atoms with van der Waals surface area (Å²) in [5.41, 5.74) is -0.658. The van der Waals surface area contributed by atoms with Gasteiger partial charge in [-0.1, -0.05) is 6.92 Å². The van der Waals surface area contributed by atoms with Crippen LogP contribution in [0, 0.1) is 0 Å². The molecule has 3 heteroatoms. The number of Topliss-reactive ketones (excluding diaryl/α,β-unsaturated/α-hetero) is 1. The van der Waals surface area contributed by atoms with Gasteiger partial charge in [0, 0.05) is 20.0 Å². The summed E-state index contributed by atoms with van der Waals surface area (Å²) in [5.74, 6) is 0.148. The second-order valence-electron chi connectivity index (χ2n) is 3.13. The van der Waals surface area contributed by atoms with Crippen molar-refractivity contribution in [2.45, 2.75) is 38.4 Å². The Morgan fingerprint density at radius 1 is 1.75 bits per heavy atom. The molecule has 1 heterocycles. The first-order chi connectivity index (χ1) is 5.67. The van der Waals surface area contributed by atoms with E-state index in [1.807, 2.05) is 13.8 Å². The molecular formula is C9H16O3. The van der Waals surface area contributed by atoms with Gasteiger partial charge < -0.3 is 9.47 Å². The molecule has 0 aromatic rings. The van der Waals surface area contributed by atoms with E-state index in [1.165, 1.54) is 0 Å². The van der Waals surface area contributed by atoms with Crippen LogP contribution in [0.3, 0.4) is 0 Å². The van der Waals surface area contributed by atoms with Crippen molar-refractivity contribution in [1.82, 2.24) is 0 Å². The van der Waals surface area contributed by atoms with Crippen LogP contribution in [-0.4, -0.2) is 31.2 Å². The monoisotopic (exact) mass is 172 g/mol. The van der Waals surface area contributed by atoms with Gasteiger partial charge in [-0.2, -0.15) is 0 Å². The van der Waals surface area contributed by atoms with Crippen LogP contribution in [0.15, 0.2) is 0 Å². The van der Waals surface area contributed by atoms with Crippen LogP contribution in [0.2, 0.25) is 0 Å². The highest BCUT2D eigenvalue weighted by Gasteiger charge is 2.47. The number of rotatable bonds is 3. The van der Waals surface area contributed by atoms with E-state index in [1.54, 1.807) is 7.11 Å². The van der Waals surface area contributed by atoms with E-state index in [9.17, 15) is 4.79 Å². The van der Waals surface area contributed by atoms with Crippen molar-refractivity contribution >= 4 is 5.78 Å². The average Bonchev–Trinajstić information content (AvgIpc) is 2.46. The first-order valence-corrected chi connectivity index (χ1v) is 4.37. The van der Waals surface area contributed by atoms with Crippen molar-refractivity contribution in [3.63, 3.8) is 0 Å². The maximum Gasteiger partial charge on any atom is 0.167 e. The molecule has 0 bridgehead atoms. The predicted molar refractivity (Wildman–Crippen MR) is 45.1 cm³/mol. The normalized spacial score (nSPS) is 35.4. The zero-order valence-corrected chi connectivity index (χ0v) is 7.92. The first kappa shape index (κ1) is 9.68. The fourth-order valence-corrected chi connectivity index (χ4v) is 1.77. The van der Waals surface area contributed by atoms with Crippen molar-refractivity contribution < 1.29 is 14.3 Å². The summed E-state index contributed by atoms with van der Waals surface area (Å²) in [6, 6.07) is 0. The van der Waals surface area contributed by atoms with Gasteiger partial charge in [-0.05, 0) is 6.92 Å². The molecule has 0 amide bonds. The third-order valence-corrected chi connectivity index (χ3v) is 2.66. The molecule has 0 saturated carbocycles. The summed E-state index contributed by atoms with van der Waals surface area (Å²) >= 11 is 0. The number of carbonyl (C=O) groups excluding carboxylic acids is 1. The second-order valence-corrected chi connectivity index (χ2v) is 3.13. The molecule has 1 fully saturated rings. The van der Waals surface area contributed by atoms with E-state index in [4.69, 9.17) is 9.47 Å². The van der Waals surface area contributed by atoms with E-state index >= 15 is 0 Å². The Hall–Kier alpha value is -0.410. The maximum atomic E-state index is 11.6. The van der Waals surface area contributed by atoms with Gasteiger partial charge >= 0.3 is 0 Å². The van der Waals surface area contributed by atoms with Crippen LogP contribution < -0.4 is 0 Å². The number of hydrogen-bond donors (Lipinski definition) is 0. The smallest absolute Gasteiger partial charge is 0.167 e. The van der Waals surface area contributed by atoms with Crippen LogP contribution in [0.4, 0.5) is 0 Å². The Bertz CT molecular complexity index is 179. The third kappa shape index (κ3) is 1.27. The SMILES string of the molecule is CCC(=O)C1(OC)CCOC1C. The molecule has 0 N–H and O–H groups in total. The zero-order chi connectivity index (χ0) is 9.19. The van der Waals surface area contributed by atoms with Crippen LogP contribution in [0.1, 0.15) is 26.7 Å². The van der Waals surface area contributed by atoms with Crippen LogP contribution in [-0.2, 0) is 14.3 Å². The number of hydrogen-bond acceptors (Lipinski definition) is 3. The fourth-order valence-electron chi connectivity index (χ4n) is 1.77. The van der Waals surface area contributed by atoms with Gasteiger partial charge in [0.1, 0.15) is 0 Å². The zero-order valence-electron chi connectivity index (χ0n) is 7.92. The van der Waals surface area contributed by atoms with Crippen LogP contribution >= 0.6 is 0 Å². The molecule has 1 saturated heterocycles. The highest BCUT2D eigenvalue weighted by atomic mass is 16.6. The van der Waals surface area contributed by atoms with Crippen molar-refractivity contribution in [3.8, 4) is 0 Å². The molecule has 0 aliphatic carbocycles. The van der Waals surface area contributed by atoms with Gasteiger partial charge in [0.05, 0.1) is 12.7 Å². The lowest BCUT2D eigenvalue weighted by atomic mass is 9.90. The Morgan fingerprint density at radius 2 is 2.42 bits per heavy atom. The quantitative estimate of drug-likeness (QED) is 0.640. The lowest BCUT2D eigenvalue weighted by molar-refractivity contribution is -0.146. The number of carbonyl (C=O) groups is 1. The van der Waals surface area contributed by atoms with E-state index in [2.05, 4.69) is 0 Å². The molecule has 0 radical (unpaired) electrons. The van der Waals surface area contributed by atoms with Gasteiger partial charge in [0.15, 0.2) is 11.4 Å². The molecule has 3 nitrogen and oxygen atoms in total. The minimum atomic E-state index is -0.658. The highest BCUT2D eigenvalue weighted by Crippen LogP contribution is 2.30. The summed E-state index contributed by atoms with van der Waals surface area (Å²) in [6.45, 7) is 4.37. The largest absolute Gasteiger partial charge is 0.375 e. The van der Waals surface area contributed by atoms with Crippen molar-refractivity contribution in [2.75, 3.05) is 13.7 Å². The minimum absolute atomic E-state index is 0.102. The van der Waals surface area contributed by atoms with Gasteiger partial charge in [-0.25, -0.2) is 0 Å². The Kier molecular flexibility index (Phi) is 2.85. The van der Waals surface area contributed by atoms with E-state index < -0.39 is 5.60 Å². The molecule has 2 atom stereocenters. The summed E-state index contributed by atoms with van der Waals surface area (Å²) in [5, 5.41) is 0. The lowest BCUT2D eigenvalue weighted by Crippen LogP contribution is -2.46. The van der Waals surface area contributed by atoms with Gasteiger partial charge in [-0.15, -0.1) is 0 Å². The van der Waals surface area contributed by atoms with Crippen molar-refractivity contribution in [3.05, 3.63) is 0 Å². The summed E-state index contributed by atoms with van der Waals surface area (Å²) < 4.78 is 10.6. The molecule has 1 aliphatic rings.